The van der Waals surface area contributed by atoms with Crippen LogP contribution in [0.4, 0.5) is 0 Å². The summed E-state index contributed by atoms with van der Waals surface area (Å²) in [6.07, 6.45) is 3.16. The van der Waals surface area contributed by atoms with E-state index in [4.69, 9.17) is 46.4 Å². The largest absolute Gasteiger partial charge is 2.00 e. The van der Waals surface area contributed by atoms with E-state index in [1.54, 1.807) is 36.7 Å². The van der Waals surface area contributed by atoms with Gasteiger partial charge in [0.05, 0.1) is 20.1 Å². The van der Waals surface area contributed by atoms with Gasteiger partial charge in [-0.05, 0) is 36.4 Å². The van der Waals surface area contributed by atoms with Gasteiger partial charge in [0, 0.05) is 23.2 Å². The Bertz CT molecular complexity index is 1050. The van der Waals surface area contributed by atoms with Crippen molar-refractivity contribution < 1.29 is 13.1 Å². The fourth-order valence-electron chi connectivity index (χ4n) is 2.31. The summed E-state index contributed by atoms with van der Waals surface area (Å²) in [5.74, 6) is -0.0525. The van der Waals surface area contributed by atoms with Crippen molar-refractivity contribution in [2.45, 2.75) is 0 Å². The average Bonchev–Trinajstić information content (AvgIpc) is 2.65. The number of phenolic OH excluding ortho intramolecular Hbond substituents is 2. The van der Waals surface area contributed by atoms with Gasteiger partial charge in [-0.2, -0.15) is 0 Å². The maximum absolute atomic E-state index is 9.53. The van der Waals surface area contributed by atoms with Crippen LogP contribution >= 0.6 is 46.4 Å². The number of fused-ring (bicyclic) bond motifs is 2. The summed E-state index contributed by atoms with van der Waals surface area (Å²) in [5, 5.41) is 21.9. The van der Waals surface area contributed by atoms with Crippen LogP contribution in [0.25, 0.3) is 21.8 Å². The molecule has 2 aromatic carbocycles. The molecule has 2 aromatic heterocycles. The summed E-state index contributed by atoms with van der Waals surface area (Å²) in [4.78, 5) is 7.97. The van der Waals surface area contributed by atoms with Gasteiger partial charge in [-0.25, -0.2) is 0 Å². The summed E-state index contributed by atoms with van der Waals surface area (Å²) in [6.45, 7) is 0. The third-order valence-corrected chi connectivity index (χ3v) is 4.74. The second-order valence-electron chi connectivity index (χ2n) is 5.18. The topological polar surface area (TPSA) is 66.2 Å². The second kappa shape index (κ2) is 9.32. The number of rotatable bonds is 0. The SMILES string of the molecule is Oc1c(Cl)cc(Cl)c2cccnc12.Oc1c(Cl)cc(Cl)c2cccnc12.[H-].[H-].[Mg+2]. The van der Waals surface area contributed by atoms with Gasteiger partial charge in [-0.3, -0.25) is 9.97 Å². The van der Waals surface area contributed by atoms with E-state index in [-0.39, 0.29) is 47.5 Å². The molecule has 0 atom stereocenters. The van der Waals surface area contributed by atoms with Crippen LogP contribution in [0.1, 0.15) is 2.85 Å². The molecule has 0 saturated heterocycles. The Morgan fingerprint density at radius 1 is 0.667 bits per heavy atom. The summed E-state index contributed by atoms with van der Waals surface area (Å²) >= 11 is 23.2. The zero-order valence-electron chi connectivity index (χ0n) is 15.6. The van der Waals surface area contributed by atoms with Crippen LogP contribution in [-0.4, -0.2) is 43.2 Å². The molecule has 0 fully saturated rings. The minimum Gasteiger partial charge on any atom is -1.00 e. The number of aromatic hydroxyl groups is 2. The molecule has 0 radical (unpaired) electrons. The summed E-state index contributed by atoms with van der Waals surface area (Å²) < 4.78 is 0. The molecule has 27 heavy (non-hydrogen) atoms. The Kier molecular flexibility index (Phi) is 7.62. The molecule has 2 N–H and O–H groups in total. The molecule has 0 aliphatic heterocycles. The standard InChI is InChI=1S/2C9H5Cl2NO.Mg.2H/c2*10-6-4-7(11)9(13)8-5(6)2-1-3-12-8;;;/h2*1-4,13H;;;/q;;+2;2*-1. The Labute approximate surface area is 193 Å². The summed E-state index contributed by atoms with van der Waals surface area (Å²) in [6, 6.07) is 10.1. The van der Waals surface area contributed by atoms with E-state index >= 15 is 0 Å². The van der Waals surface area contributed by atoms with Gasteiger partial charge < -0.3 is 13.1 Å². The van der Waals surface area contributed by atoms with Crippen molar-refractivity contribution in [2.24, 2.45) is 0 Å². The van der Waals surface area contributed by atoms with Crippen LogP contribution in [-0.2, 0) is 0 Å². The summed E-state index contributed by atoms with van der Waals surface area (Å²) in [5.41, 5.74) is 0.861. The van der Waals surface area contributed by atoms with Crippen LogP contribution < -0.4 is 0 Å². The molecular formula is C18H12Cl4MgN2O2. The maximum Gasteiger partial charge on any atom is 2.00 e. The van der Waals surface area contributed by atoms with Gasteiger partial charge in [0.25, 0.3) is 0 Å². The van der Waals surface area contributed by atoms with Gasteiger partial charge in [0.2, 0.25) is 0 Å². The first-order valence-electron chi connectivity index (χ1n) is 7.23. The molecule has 0 aliphatic rings. The average molecular weight is 454 g/mol. The number of hydrogen-bond donors (Lipinski definition) is 2. The quantitative estimate of drug-likeness (QED) is 0.304. The molecule has 0 bridgehead atoms. The monoisotopic (exact) mass is 452 g/mol. The predicted octanol–water partition coefficient (Wildman–Crippen LogP) is 6.34. The molecule has 2 heterocycles. The van der Waals surface area contributed by atoms with Gasteiger partial charge in [0.15, 0.2) is 11.5 Å². The number of hydrogen-bond acceptors (Lipinski definition) is 4. The summed E-state index contributed by atoms with van der Waals surface area (Å²) in [7, 11) is 0. The molecule has 0 unspecified atom stereocenters. The van der Waals surface area contributed by atoms with Gasteiger partial charge in [-0.1, -0.05) is 46.4 Å². The van der Waals surface area contributed by atoms with E-state index in [1.165, 1.54) is 12.1 Å². The zero-order valence-corrected chi connectivity index (χ0v) is 18.1. The molecule has 4 aromatic rings. The minimum atomic E-state index is -0.0262. The number of aromatic nitrogens is 2. The van der Waals surface area contributed by atoms with Crippen LogP contribution in [0.15, 0.2) is 48.8 Å². The molecule has 4 rings (SSSR count). The maximum atomic E-state index is 9.53. The third-order valence-electron chi connectivity index (χ3n) is 3.54. The molecule has 0 spiro atoms. The van der Waals surface area contributed by atoms with E-state index in [1.807, 2.05) is 0 Å². The van der Waals surface area contributed by atoms with Gasteiger partial charge >= 0.3 is 23.1 Å². The normalized spacial score (nSPS) is 10.2. The van der Waals surface area contributed by atoms with Crippen LogP contribution in [0, 0.1) is 0 Å². The first-order chi connectivity index (χ1) is 12.4. The number of benzene rings is 2. The minimum absolute atomic E-state index is 0. The van der Waals surface area contributed by atoms with E-state index in [0.717, 1.165) is 0 Å². The van der Waals surface area contributed by atoms with E-state index in [2.05, 4.69) is 9.97 Å². The first kappa shape index (κ1) is 22.1. The molecule has 9 heteroatoms. The third kappa shape index (κ3) is 4.62. The van der Waals surface area contributed by atoms with Crippen molar-refractivity contribution in [1.82, 2.24) is 9.97 Å². The Morgan fingerprint density at radius 2 is 1.04 bits per heavy atom. The molecular weight excluding hydrogens is 442 g/mol. The van der Waals surface area contributed by atoms with Crippen LogP contribution in [0.3, 0.4) is 0 Å². The number of nitrogens with zero attached hydrogens (tertiary/aromatic N) is 2. The van der Waals surface area contributed by atoms with Crippen molar-refractivity contribution >= 4 is 91.3 Å². The Balaban J connectivity index is 0.000000490. The van der Waals surface area contributed by atoms with Gasteiger partial charge in [-0.15, -0.1) is 0 Å². The second-order valence-corrected chi connectivity index (χ2v) is 6.81. The smallest absolute Gasteiger partial charge is 1.00 e. The molecule has 0 amide bonds. The van der Waals surface area contributed by atoms with Crippen molar-refractivity contribution in [3.8, 4) is 11.5 Å². The van der Waals surface area contributed by atoms with Crippen molar-refractivity contribution in [2.75, 3.05) is 0 Å². The van der Waals surface area contributed by atoms with Crippen LogP contribution in [0.2, 0.25) is 20.1 Å². The zero-order chi connectivity index (χ0) is 18.8. The van der Waals surface area contributed by atoms with E-state index in [0.29, 0.717) is 31.9 Å². The fraction of sp³-hybridized carbons (Fsp3) is 0. The first-order valence-corrected chi connectivity index (χ1v) is 8.74. The number of halogens is 4. The van der Waals surface area contributed by atoms with E-state index < -0.39 is 0 Å². The number of pyridine rings is 2. The molecule has 136 valence electrons. The Morgan fingerprint density at radius 3 is 1.41 bits per heavy atom. The fourth-order valence-corrected chi connectivity index (χ4v) is 3.35. The van der Waals surface area contributed by atoms with Crippen molar-refractivity contribution in [3.63, 3.8) is 0 Å². The van der Waals surface area contributed by atoms with Crippen LogP contribution in [0.5, 0.6) is 11.5 Å². The van der Waals surface area contributed by atoms with Crippen molar-refractivity contribution in [3.05, 3.63) is 68.9 Å². The molecule has 0 aliphatic carbocycles. The number of phenols is 2. The predicted molar refractivity (Wildman–Crippen MR) is 115 cm³/mol. The molecule has 4 nitrogen and oxygen atoms in total. The molecule has 0 saturated carbocycles. The van der Waals surface area contributed by atoms with Crippen molar-refractivity contribution in [1.29, 1.82) is 0 Å². The van der Waals surface area contributed by atoms with Gasteiger partial charge in [0.1, 0.15) is 11.0 Å². The Hall–Kier alpha value is -1.21. The van der Waals surface area contributed by atoms with E-state index in [9.17, 15) is 10.2 Å².